The monoisotopic (exact) mass is 398 g/mol. The summed E-state index contributed by atoms with van der Waals surface area (Å²) in [5, 5.41) is 14.2. The van der Waals surface area contributed by atoms with Gasteiger partial charge in [0.2, 0.25) is 0 Å². The Kier molecular flexibility index (Phi) is 5.76. The van der Waals surface area contributed by atoms with Crippen LogP contribution in [0.25, 0.3) is 0 Å². The molecule has 1 heterocycles. The molecule has 1 aromatic rings. The van der Waals surface area contributed by atoms with Gasteiger partial charge in [-0.25, -0.2) is 0 Å². The first kappa shape index (κ1) is 20.3. The first-order valence-corrected chi connectivity index (χ1v) is 10.4. The summed E-state index contributed by atoms with van der Waals surface area (Å²) in [5.41, 5.74) is 3.01. The molecule has 1 aliphatic carbocycles. The number of nitrogens with one attached hydrogen (secondary N) is 1. The number of rotatable bonds is 5. The Labute approximate surface area is 170 Å². The predicted octanol–water partition coefficient (Wildman–Crippen LogP) is 4.52. The lowest BCUT2D eigenvalue weighted by Gasteiger charge is -2.39. The molecule has 1 aliphatic heterocycles. The summed E-state index contributed by atoms with van der Waals surface area (Å²) in [6.45, 7) is 6.27. The Bertz CT molecular complexity index is 909. The SMILES string of the molecule is CCSC1=C(C#N)[C@@H](c2ccc(OC)c(OC)c2)C2=C(CC(C)(C)CC2=O)N1. The van der Waals surface area contributed by atoms with Gasteiger partial charge in [0.05, 0.1) is 36.8 Å². The van der Waals surface area contributed by atoms with Gasteiger partial charge in [-0.3, -0.25) is 4.79 Å². The van der Waals surface area contributed by atoms with Crippen molar-refractivity contribution < 1.29 is 14.3 Å². The highest BCUT2D eigenvalue weighted by Gasteiger charge is 2.42. The first-order valence-electron chi connectivity index (χ1n) is 9.37. The smallest absolute Gasteiger partial charge is 0.162 e. The van der Waals surface area contributed by atoms with Crippen molar-refractivity contribution in [2.24, 2.45) is 5.41 Å². The average molecular weight is 399 g/mol. The number of allylic oxidation sites excluding steroid dienone is 3. The maximum atomic E-state index is 13.1. The molecule has 0 amide bonds. The van der Waals surface area contributed by atoms with Gasteiger partial charge in [-0.15, -0.1) is 11.8 Å². The lowest BCUT2D eigenvalue weighted by atomic mass is 9.69. The van der Waals surface area contributed by atoms with Crippen LogP contribution in [0.15, 0.2) is 40.1 Å². The van der Waals surface area contributed by atoms with Gasteiger partial charge < -0.3 is 14.8 Å². The van der Waals surface area contributed by atoms with Crippen LogP contribution in [0.3, 0.4) is 0 Å². The van der Waals surface area contributed by atoms with Gasteiger partial charge in [0, 0.05) is 17.7 Å². The van der Waals surface area contributed by atoms with Gasteiger partial charge in [0.15, 0.2) is 17.3 Å². The van der Waals surface area contributed by atoms with Crippen LogP contribution in [-0.2, 0) is 4.79 Å². The lowest BCUT2D eigenvalue weighted by molar-refractivity contribution is -0.118. The van der Waals surface area contributed by atoms with Gasteiger partial charge in [-0.2, -0.15) is 5.26 Å². The molecule has 0 bridgehead atoms. The lowest BCUT2D eigenvalue weighted by Crippen LogP contribution is -2.36. The minimum Gasteiger partial charge on any atom is -0.493 e. The van der Waals surface area contributed by atoms with Crippen molar-refractivity contribution in [1.82, 2.24) is 5.32 Å². The number of dihydropyridines is 1. The van der Waals surface area contributed by atoms with Crippen molar-refractivity contribution in [1.29, 1.82) is 5.26 Å². The molecule has 0 aromatic heterocycles. The molecule has 0 saturated heterocycles. The molecule has 1 aromatic carbocycles. The van der Waals surface area contributed by atoms with E-state index in [4.69, 9.17) is 9.47 Å². The number of hydrogen-bond acceptors (Lipinski definition) is 6. The Morgan fingerprint density at radius 2 is 1.96 bits per heavy atom. The molecule has 0 radical (unpaired) electrons. The predicted molar refractivity (Wildman–Crippen MR) is 111 cm³/mol. The highest BCUT2D eigenvalue weighted by molar-refractivity contribution is 8.03. The van der Waals surface area contributed by atoms with Crippen LogP contribution in [0.4, 0.5) is 0 Å². The van der Waals surface area contributed by atoms with E-state index in [-0.39, 0.29) is 11.2 Å². The number of nitrogens with zero attached hydrogens (tertiary/aromatic N) is 1. The van der Waals surface area contributed by atoms with E-state index in [1.54, 1.807) is 26.0 Å². The maximum absolute atomic E-state index is 13.1. The van der Waals surface area contributed by atoms with Crippen LogP contribution in [0.1, 0.15) is 45.1 Å². The fraction of sp³-hybridized carbons (Fsp3) is 0.455. The third-order valence-electron chi connectivity index (χ3n) is 5.16. The normalized spacial score (nSPS) is 21.0. The molecule has 28 heavy (non-hydrogen) atoms. The Morgan fingerprint density at radius 1 is 1.25 bits per heavy atom. The standard InChI is InChI=1S/C22H26N2O3S/c1-6-28-21-14(12-23)19(13-7-8-17(26-4)18(9-13)27-5)20-15(24-21)10-22(2,3)11-16(20)25/h7-9,19,24H,6,10-11H2,1-5H3/t19-/m1/s1. The molecule has 3 rings (SSSR count). The molecule has 2 aliphatic rings. The average Bonchev–Trinajstić information content (AvgIpc) is 2.65. The largest absolute Gasteiger partial charge is 0.493 e. The van der Waals surface area contributed by atoms with Crippen molar-refractivity contribution in [3.63, 3.8) is 0 Å². The number of methoxy groups -OCH3 is 2. The Hall–Kier alpha value is -2.39. The van der Waals surface area contributed by atoms with Gasteiger partial charge in [-0.1, -0.05) is 26.8 Å². The molecule has 1 N–H and O–H groups in total. The van der Waals surface area contributed by atoms with Crippen molar-refractivity contribution in [2.75, 3.05) is 20.0 Å². The number of benzene rings is 1. The second-order valence-corrected chi connectivity index (χ2v) is 9.07. The molecule has 6 heteroatoms. The van der Waals surface area contributed by atoms with E-state index in [0.29, 0.717) is 29.1 Å². The van der Waals surface area contributed by atoms with Crippen molar-refractivity contribution in [2.45, 2.75) is 39.5 Å². The zero-order valence-corrected chi connectivity index (χ0v) is 17.8. The Balaban J connectivity index is 2.20. The number of carbonyl (C=O) groups excluding carboxylic acids is 1. The van der Waals surface area contributed by atoms with Crippen LogP contribution >= 0.6 is 11.8 Å². The van der Waals surface area contributed by atoms with Gasteiger partial charge in [-0.05, 0) is 35.3 Å². The number of Topliss-reactive ketones (excluding diaryl/α,β-unsaturated/α-hetero) is 1. The van der Waals surface area contributed by atoms with E-state index in [0.717, 1.165) is 28.5 Å². The first-order chi connectivity index (χ1) is 13.3. The van der Waals surface area contributed by atoms with Gasteiger partial charge in [0.1, 0.15) is 0 Å². The number of nitriles is 1. The highest BCUT2D eigenvalue weighted by atomic mass is 32.2. The zero-order valence-electron chi connectivity index (χ0n) is 17.0. The third kappa shape index (κ3) is 3.64. The fourth-order valence-corrected chi connectivity index (χ4v) is 4.80. The third-order valence-corrected chi connectivity index (χ3v) is 6.06. The highest BCUT2D eigenvalue weighted by Crippen LogP contribution is 2.48. The zero-order chi connectivity index (χ0) is 20.5. The maximum Gasteiger partial charge on any atom is 0.162 e. The van der Waals surface area contributed by atoms with Crippen molar-refractivity contribution in [3.8, 4) is 17.6 Å². The molecule has 0 saturated carbocycles. The summed E-state index contributed by atoms with van der Waals surface area (Å²) in [4.78, 5) is 13.1. The van der Waals surface area contributed by atoms with Crippen LogP contribution in [-0.4, -0.2) is 25.8 Å². The molecular weight excluding hydrogens is 372 g/mol. The van der Waals surface area contributed by atoms with E-state index in [2.05, 4.69) is 32.2 Å². The second-order valence-electron chi connectivity index (χ2n) is 7.79. The molecule has 5 nitrogen and oxygen atoms in total. The van der Waals surface area contributed by atoms with E-state index in [1.165, 1.54) is 0 Å². The minimum absolute atomic E-state index is 0.1000. The summed E-state index contributed by atoms with van der Waals surface area (Å²) in [7, 11) is 3.18. The fourth-order valence-electron chi connectivity index (χ4n) is 4.00. The molecular formula is C22H26N2O3S. The van der Waals surface area contributed by atoms with Gasteiger partial charge in [0.25, 0.3) is 0 Å². The number of ketones is 1. The molecule has 0 unspecified atom stereocenters. The minimum atomic E-state index is -0.390. The molecule has 148 valence electrons. The van der Waals surface area contributed by atoms with Gasteiger partial charge >= 0.3 is 0 Å². The summed E-state index contributed by atoms with van der Waals surface area (Å²) in [5.74, 6) is 1.76. The summed E-state index contributed by atoms with van der Waals surface area (Å²) in [6, 6.07) is 7.98. The summed E-state index contributed by atoms with van der Waals surface area (Å²) < 4.78 is 10.8. The quantitative estimate of drug-likeness (QED) is 0.786. The summed E-state index contributed by atoms with van der Waals surface area (Å²) in [6.07, 6.45) is 1.26. The van der Waals surface area contributed by atoms with Crippen LogP contribution in [0.2, 0.25) is 0 Å². The molecule has 1 atom stereocenters. The summed E-state index contributed by atoms with van der Waals surface area (Å²) >= 11 is 1.60. The Morgan fingerprint density at radius 3 is 2.57 bits per heavy atom. The van der Waals surface area contributed by atoms with E-state index in [9.17, 15) is 10.1 Å². The van der Waals surface area contributed by atoms with E-state index in [1.807, 2.05) is 18.2 Å². The van der Waals surface area contributed by atoms with E-state index >= 15 is 0 Å². The van der Waals surface area contributed by atoms with Crippen molar-refractivity contribution >= 4 is 17.5 Å². The topological polar surface area (TPSA) is 71.3 Å². The van der Waals surface area contributed by atoms with Crippen LogP contribution in [0.5, 0.6) is 11.5 Å². The second kappa shape index (κ2) is 7.92. The number of thioether (sulfide) groups is 1. The number of hydrogen-bond donors (Lipinski definition) is 1. The molecule has 0 fully saturated rings. The van der Waals surface area contributed by atoms with Crippen LogP contribution < -0.4 is 14.8 Å². The van der Waals surface area contributed by atoms with Crippen LogP contribution in [0, 0.1) is 16.7 Å². The number of ether oxygens (including phenoxy) is 2. The molecule has 0 spiro atoms. The number of carbonyl (C=O) groups is 1. The van der Waals surface area contributed by atoms with E-state index < -0.39 is 5.92 Å². The van der Waals surface area contributed by atoms with Crippen molar-refractivity contribution in [3.05, 3.63) is 45.6 Å².